The largest absolute Gasteiger partial charge is 0.481 e. The van der Waals surface area contributed by atoms with Gasteiger partial charge in [-0.1, -0.05) is 11.6 Å². The Balaban J connectivity index is 1.75. The van der Waals surface area contributed by atoms with Gasteiger partial charge in [-0.05, 0) is 24.6 Å². The van der Waals surface area contributed by atoms with E-state index in [1.165, 1.54) is 16.8 Å². The number of hydrogen-bond acceptors (Lipinski definition) is 4. The third-order valence-electron chi connectivity index (χ3n) is 3.61. The topological polar surface area (TPSA) is 97.1 Å². The highest BCUT2D eigenvalue weighted by atomic mass is 35.5. The molecule has 2 N–H and O–H groups in total. The van der Waals surface area contributed by atoms with Crippen molar-refractivity contribution in [3.05, 3.63) is 40.4 Å². The molecule has 0 saturated heterocycles. The number of hydrogen-bond donors (Lipinski definition) is 2. The number of aliphatic carboxylic acids is 1. The number of carboxylic acids is 1. The van der Waals surface area contributed by atoms with E-state index in [-0.39, 0.29) is 23.1 Å². The Morgan fingerprint density at radius 2 is 2.22 bits per heavy atom. The number of rotatable bonds is 3. The normalized spacial score (nSPS) is 16.7. The molecule has 1 unspecified atom stereocenters. The fourth-order valence-corrected chi connectivity index (χ4v) is 2.49. The van der Waals surface area contributed by atoms with Crippen molar-refractivity contribution >= 4 is 29.4 Å². The van der Waals surface area contributed by atoms with Crippen molar-refractivity contribution in [3.63, 3.8) is 0 Å². The first-order valence-corrected chi connectivity index (χ1v) is 7.25. The van der Waals surface area contributed by atoms with Gasteiger partial charge in [0, 0.05) is 12.0 Å². The number of benzene rings is 1. The van der Waals surface area contributed by atoms with Crippen LogP contribution in [0.4, 0.5) is 10.3 Å². The van der Waals surface area contributed by atoms with Gasteiger partial charge in [0.25, 0.3) is 5.91 Å². The number of amides is 1. The number of anilines is 1. The van der Waals surface area contributed by atoms with Crippen molar-refractivity contribution in [2.45, 2.75) is 19.4 Å². The van der Waals surface area contributed by atoms with E-state index in [9.17, 15) is 14.0 Å². The summed E-state index contributed by atoms with van der Waals surface area (Å²) in [5.74, 6) is -1.99. The molecule has 0 radical (unpaired) electrons. The highest BCUT2D eigenvalue weighted by Gasteiger charge is 2.26. The Hall–Kier alpha value is -2.48. The van der Waals surface area contributed by atoms with E-state index in [4.69, 9.17) is 16.7 Å². The summed E-state index contributed by atoms with van der Waals surface area (Å²) in [7, 11) is 0. The molecule has 0 spiro atoms. The van der Waals surface area contributed by atoms with Crippen molar-refractivity contribution in [3.8, 4) is 0 Å². The van der Waals surface area contributed by atoms with E-state index in [0.29, 0.717) is 18.7 Å². The average Bonchev–Trinajstić information content (AvgIpc) is 2.90. The van der Waals surface area contributed by atoms with E-state index in [2.05, 4.69) is 15.4 Å². The standard InChI is InChI=1S/C14H12ClFN4O3/c15-9-3-1-7(5-10(9)16)12(21)18-14-17-11-4-2-8(13(22)23)6-20(11)19-14/h1,3,5,8H,2,4,6H2,(H,22,23)(H,18,19,21). The molecule has 23 heavy (non-hydrogen) atoms. The van der Waals surface area contributed by atoms with Crippen LogP contribution in [-0.2, 0) is 17.8 Å². The Morgan fingerprint density at radius 1 is 1.43 bits per heavy atom. The number of aryl methyl sites for hydroxylation is 1. The van der Waals surface area contributed by atoms with Gasteiger partial charge in [0.2, 0.25) is 5.95 Å². The number of nitrogens with one attached hydrogen (secondary N) is 1. The van der Waals surface area contributed by atoms with Crippen LogP contribution >= 0.6 is 11.6 Å². The smallest absolute Gasteiger partial charge is 0.308 e. The van der Waals surface area contributed by atoms with E-state index in [1.807, 2.05) is 0 Å². The lowest BCUT2D eigenvalue weighted by Crippen LogP contribution is -2.27. The van der Waals surface area contributed by atoms with Crippen molar-refractivity contribution < 1.29 is 19.1 Å². The summed E-state index contributed by atoms with van der Waals surface area (Å²) in [6.07, 6.45) is 0.944. The zero-order valence-corrected chi connectivity index (χ0v) is 12.5. The summed E-state index contributed by atoms with van der Waals surface area (Å²) in [6.45, 7) is 0.211. The van der Waals surface area contributed by atoms with Gasteiger partial charge in [0.15, 0.2) is 0 Å². The van der Waals surface area contributed by atoms with Crippen LogP contribution in [-0.4, -0.2) is 31.7 Å². The number of carbonyl (C=O) groups is 2. The molecule has 0 bridgehead atoms. The Labute approximate surface area is 135 Å². The van der Waals surface area contributed by atoms with Gasteiger partial charge in [0.1, 0.15) is 11.6 Å². The van der Waals surface area contributed by atoms with Gasteiger partial charge < -0.3 is 5.11 Å². The van der Waals surface area contributed by atoms with Gasteiger partial charge in [-0.3, -0.25) is 14.9 Å². The minimum atomic E-state index is -0.881. The molecule has 1 aliphatic heterocycles. The number of nitrogens with zero attached hydrogens (tertiary/aromatic N) is 3. The Morgan fingerprint density at radius 3 is 2.91 bits per heavy atom. The molecule has 1 amide bonds. The molecule has 7 nitrogen and oxygen atoms in total. The van der Waals surface area contributed by atoms with Gasteiger partial charge in [0.05, 0.1) is 17.5 Å². The third kappa shape index (κ3) is 3.16. The van der Waals surface area contributed by atoms with Crippen LogP contribution < -0.4 is 5.32 Å². The number of carboxylic acid groups (broad SMARTS) is 1. The molecular formula is C14H12ClFN4O3. The van der Waals surface area contributed by atoms with Crippen molar-refractivity contribution in [2.24, 2.45) is 5.92 Å². The summed E-state index contributed by atoms with van der Waals surface area (Å²) < 4.78 is 14.9. The minimum absolute atomic E-state index is 0.0615. The van der Waals surface area contributed by atoms with Crippen molar-refractivity contribution in [1.29, 1.82) is 0 Å². The second kappa shape index (κ2) is 5.96. The first-order chi connectivity index (χ1) is 10.9. The fraction of sp³-hybridized carbons (Fsp3) is 0.286. The van der Waals surface area contributed by atoms with E-state index in [1.54, 1.807) is 0 Å². The monoisotopic (exact) mass is 338 g/mol. The quantitative estimate of drug-likeness (QED) is 0.891. The molecule has 2 aromatic rings. The molecule has 1 atom stereocenters. The van der Waals surface area contributed by atoms with Crippen LogP contribution in [0.1, 0.15) is 22.6 Å². The molecular weight excluding hydrogens is 327 g/mol. The lowest BCUT2D eigenvalue weighted by molar-refractivity contribution is -0.142. The highest BCUT2D eigenvalue weighted by Crippen LogP contribution is 2.20. The summed E-state index contributed by atoms with van der Waals surface area (Å²) in [4.78, 5) is 27.2. The molecule has 1 aliphatic rings. The van der Waals surface area contributed by atoms with Crippen molar-refractivity contribution in [2.75, 3.05) is 5.32 Å². The lowest BCUT2D eigenvalue weighted by Gasteiger charge is -2.18. The number of fused-ring (bicyclic) bond motifs is 1. The predicted molar refractivity (Wildman–Crippen MR) is 78.8 cm³/mol. The molecule has 2 heterocycles. The van der Waals surface area contributed by atoms with Crippen LogP contribution in [0.2, 0.25) is 5.02 Å². The molecule has 0 aliphatic carbocycles. The first kappa shape index (κ1) is 15.4. The maximum Gasteiger partial charge on any atom is 0.308 e. The summed E-state index contributed by atoms with van der Waals surface area (Å²) in [6, 6.07) is 3.69. The number of carbonyl (C=O) groups excluding carboxylic acids is 1. The lowest BCUT2D eigenvalue weighted by atomic mass is 10.0. The molecule has 3 rings (SSSR count). The summed E-state index contributed by atoms with van der Waals surface area (Å²) in [5, 5.41) is 15.5. The van der Waals surface area contributed by atoms with Crippen LogP contribution in [0, 0.1) is 11.7 Å². The molecule has 1 aromatic heterocycles. The average molecular weight is 339 g/mol. The van der Waals surface area contributed by atoms with E-state index in [0.717, 1.165) is 6.07 Å². The predicted octanol–water partition coefficient (Wildman–Crippen LogP) is 1.97. The highest BCUT2D eigenvalue weighted by molar-refractivity contribution is 6.30. The van der Waals surface area contributed by atoms with Crippen LogP contribution in [0.3, 0.4) is 0 Å². The molecule has 0 saturated carbocycles. The zero-order valence-electron chi connectivity index (χ0n) is 11.8. The molecule has 1 aromatic carbocycles. The number of halogens is 2. The van der Waals surface area contributed by atoms with Gasteiger partial charge in [-0.15, -0.1) is 5.10 Å². The molecule has 120 valence electrons. The van der Waals surface area contributed by atoms with Crippen LogP contribution in [0.15, 0.2) is 18.2 Å². The summed E-state index contributed by atoms with van der Waals surface area (Å²) >= 11 is 5.57. The maximum absolute atomic E-state index is 13.4. The third-order valence-corrected chi connectivity index (χ3v) is 3.92. The molecule has 9 heteroatoms. The Bertz CT molecular complexity index is 792. The fourth-order valence-electron chi connectivity index (χ4n) is 2.37. The minimum Gasteiger partial charge on any atom is -0.481 e. The van der Waals surface area contributed by atoms with Gasteiger partial charge >= 0.3 is 5.97 Å². The van der Waals surface area contributed by atoms with Gasteiger partial charge in [-0.2, -0.15) is 4.98 Å². The van der Waals surface area contributed by atoms with Crippen LogP contribution in [0.25, 0.3) is 0 Å². The van der Waals surface area contributed by atoms with Crippen LogP contribution in [0.5, 0.6) is 0 Å². The van der Waals surface area contributed by atoms with Gasteiger partial charge in [-0.25, -0.2) is 9.07 Å². The molecule has 0 fully saturated rings. The first-order valence-electron chi connectivity index (χ1n) is 6.87. The Kier molecular flexibility index (Phi) is 3.99. The van der Waals surface area contributed by atoms with E-state index < -0.39 is 23.6 Å². The second-order valence-electron chi connectivity index (χ2n) is 5.19. The second-order valence-corrected chi connectivity index (χ2v) is 5.60. The van der Waals surface area contributed by atoms with Crippen molar-refractivity contribution in [1.82, 2.24) is 14.8 Å². The van der Waals surface area contributed by atoms with E-state index >= 15 is 0 Å². The maximum atomic E-state index is 13.4. The SMILES string of the molecule is O=C(Nc1nc2n(n1)CC(C(=O)O)CC2)c1ccc(Cl)c(F)c1. The summed E-state index contributed by atoms with van der Waals surface area (Å²) in [5.41, 5.74) is 0.0862. The zero-order chi connectivity index (χ0) is 16.6. The number of aromatic nitrogens is 3.